The minimum Gasteiger partial charge on any atom is -0.369 e. The highest BCUT2D eigenvalue weighted by molar-refractivity contribution is 14.0. The molecular weight excluding hydrogens is 413 g/mol. The van der Waals surface area contributed by atoms with Gasteiger partial charge in [-0.25, -0.2) is 0 Å². The molecule has 1 aliphatic rings. The van der Waals surface area contributed by atoms with Crippen LogP contribution in [-0.2, 0) is 0 Å². The van der Waals surface area contributed by atoms with Crippen LogP contribution in [0.25, 0.3) is 0 Å². The Kier molecular flexibility index (Phi) is 9.43. The van der Waals surface area contributed by atoms with Crippen molar-refractivity contribution in [1.82, 2.24) is 15.5 Å². The van der Waals surface area contributed by atoms with E-state index in [0.29, 0.717) is 6.04 Å². The van der Waals surface area contributed by atoms with Crippen LogP contribution in [0, 0.1) is 6.92 Å². The van der Waals surface area contributed by atoms with E-state index in [1.807, 2.05) is 7.05 Å². The van der Waals surface area contributed by atoms with Gasteiger partial charge >= 0.3 is 0 Å². The van der Waals surface area contributed by atoms with Gasteiger partial charge in [-0.2, -0.15) is 0 Å². The highest BCUT2D eigenvalue weighted by atomic mass is 127. The van der Waals surface area contributed by atoms with E-state index >= 15 is 0 Å². The molecule has 0 aromatic heterocycles. The number of aryl methyl sites for hydroxylation is 1. The van der Waals surface area contributed by atoms with Gasteiger partial charge in [-0.05, 0) is 39.1 Å². The number of hydrogen-bond donors (Lipinski definition) is 2. The minimum absolute atomic E-state index is 0. The molecule has 1 aromatic carbocycles. The number of nitrogens with one attached hydrogen (secondary N) is 2. The molecule has 1 atom stereocenters. The molecule has 2 N–H and O–H groups in total. The summed E-state index contributed by atoms with van der Waals surface area (Å²) >= 11 is 0. The van der Waals surface area contributed by atoms with Crippen LogP contribution in [0.5, 0.6) is 0 Å². The zero-order chi connectivity index (χ0) is 16.7. The zero-order valence-corrected chi connectivity index (χ0v) is 17.7. The van der Waals surface area contributed by atoms with Crippen LogP contribution in [-0.4, -0.2) is 63.7 Å². The minimum atomic E-state index is 0. The van der Waals surface area contributed by atoms with Crippen molar-refractivity contribution >= 4 is 35.6 Å². The number of halogens is 1. The van der Waals surface area contributed by atoms with Crippen molar-refractivity contribution in [1.29, 1.82) is 0 Å². The lowest BCUT2D eigenvalue weighted by molar-refractivity contribution is 0.357. The lowest BCUT2D eigenvalue weighted by atomic mass is 10.2. The van der Waals surface area contributed by atoms with E-state index in [1.54, 1.807) is 0 Å². The van der Waals surface area contributed by atoms with Crippen LogP contribution in [0.2, 0.25) is 0 Å². The molecular formula is C18H32IN5. The van der Waals surface area contributed by atoms with Crippen molar-refractivity contribution in [3.05, 3.63) is 29.8 Å². The molecule has 1 fully saturated rings. The number of benzene rings is 1. The molecule has 0 radical (unpaired) electrons. The van der Waals surface area contributed by atoms with E-state index in [4.69, 9.17) is 0 Å². The Bertz CT molecular complexity index is 503. The first-order valence-electron chi connectivity index (χ1n) is 8.59. The number of hydrogen-bond acceptors (Lipinski definition) is 3. The van der Waals surface area contributed by atoms with Crippen molar-refractivity contribution in [2.24, 2.45) is 4.99 Å². The molecule has 1 heterocycles. The first-order valence-corrected chi connectivity index (χ1v) is 8.59. The molecule has 0 aliphatic carbocycles. The monoisotopic (exact) mass is 445 g/mol. The summed E-state index contributed by atoms with van der Waals surface area (Å²) in [6.45, 7) is 9.43. The number of rotatable bonds is 6. The average molecular weight is 445 g/mol. The smallest absolute Gasteiger partial charge is 0.191 e. The third-order valence-electron chi connectivity index (χ3n) is 4.48. The van der Waals surface area contributed by atoms with Gasteiger partial charge in [0.15, 0.2) is 5.96 Å². The fraction of sp³-hybridized carbons (Fsp3) is 0.611. The van der Waals surface area contributed by atoms with Gasteiger partial charge in [-0.3, -0.25) is 4.99 Å². The molecule has 24 heavy (non-hydrogen) atoms. The topological polar surface area (TPSA) is 42.9 Å². The number of guanidine groups is 1. The third kappa shape index (κ3) is 6.47. The Labute approximate surface area is 163 Å². The van der Waals surface area contributed by atoms with E-state index in [-0.39, 0.29) is 24.0 Å². The van der Waals surface area contributed by atoms with E-state index in [1.165, 1.54) is 11.3 Å². The summed E-state index contributed by atoms with van der Waals surface area (Å²) in [5, 5.41) is 6.95. The summed E-state index contributed by atoms with van der Waals surface area (Å²) < 4.78 is 0. The molecule has 0 saturated carbocycles. The first kappa shape index (κ1) is 21.0. The summed E-state index contributed by atoms with van der Waals surface area (Å²) in [6, 6.07) is 9.24. The maximum atomic E-state index is 4.34. The molecule has 2 rings (SSSR count). The molecule has 1 saturated heterocycles. The van der Waals surface area contributed by atoms with Gasteiger partial charge in [-0.1, -0.05) is 24.6 Å². The first-order chi connectivity index (χ1) is 11.1. The maximum Gasteiger partial charge on any atom is 0.191 e. The Morgan fingerprint density at radius 2 is 2.04 bits per heavy atom. The average Bonchev–Trinajstić information content (AvgIpc) is 3.02. The summed E-state index contributed by atoms with van der Waals surface area (Å²) in [5.41, 5.74) is 2.62. The van der Waals surface area contributed by atoms with Crippen molar-refractivity contribution in [3.8, 4) is 0 Å². The van der Waals surface area contributed by atoms with Crippen LogP contribution < -0.4 is 15.5 Å². The Hall–Kier alpha value is -1.02. The number of nitrogens with zero attached hydrogens (tertiary/aromatic N) is 3. The molecule has 1 aliphatic heterocycles. The molecule has 136 valence electrons. The van der Waals surface area contributed by atoms with Gasteiger partial charge < -0.3 is 20.4 Å². The fourth-order valence-electron chi connectivity index (χ4n) is 2.78. The van der Waals surface area contributed by atoms with Crippen LogP contribution in [0.3, 0.4) is 0 Å². The van der Waals surface area contributed by atoms with Crippen molar-refractivity contribution in [3.63, 3.8) is 0 Å². The zero-order valence-electron chi connectivity index (χ0n) is 15.4. The summed E-state index contributed by atoms with van der Waals surface area (Å²) in [4.78, 5) is 9.07. The number of likely N-dealkylation sites (N-methyl/N-ethyl adjacent to an activating group) is 1. The lowest BCUT2D eigenvalue weighted by Gasteiger charge is -2.21. The molecule has 0 amide bonds. The molecule has 0 spiro atoms. The quantitative estimate of drug-likeness (QED) is 0.401. The predicted molar refractivity (Wildman–Crippen MR) is 115 cm³/mol. The second kappa shape index (κ2) is 10.8. The number of aliphatic imine (C=N–C) groups is 1. The molecule has 1 aromatic rings. The molecule has 5 nitrogen and oxygen atoms in total. The van der Waals surface area contributed by atoms with Gasteiger partial charge in [0.25, 0.3) is 0 Å². The Morgan fingerprint density at radius 3 is 2.67 bits per heavy atom. The van der Waals surface area contributed by atoms with Crippen LogP contribution in [0.1, 0.15) is 18.9 Å². The summed E-state index contributed by atoms with van der Waals surface area (Å²) in [6.07, 6.45) is 1.14. The Balaban J connectivity index is 0.00000288. The van der Waals surface area contributed by atoms with Crippen LogP contribution >= 0.6 is 24.0 Å². The Morgan fingerprint density at radius 1 is 1.33 bits per heavy atom. The highest BCUT2D eigenvalue weighted by Gasteiger charge is 2.23. The molecule has 0 bridgehead atoms. The SMILES string of the molecule is CCN(C)CCNC(=NC)NC1CCN(c2ccc(C)cc2)C1.I. The molecule has 1 unspecified atom stereocenters. The van der Waals surface area contributed by atoms with E-state index in [2.05, 4.69) is 70.6 Å². The highest BCUT2D eigenvalue weighted by Crippen LogP contribution is 2.20. The lowest BCUT2D eigenvalue weighted by Crippen LogP contribution is -2.46. The maximum absolute atomic E-state index is 4.34. The summed E-state index contributed by atoms with van der Waals surface area (Å²) in [7, 11) is 3.97. The van der Waals surface area contributed by atoms with E-state index < -0.39 is 0 Å². The second-order valence-electron chi connectivity index (χ2n) is 6.31. The van der Waals surface area contributed by atoms with E-state index in [0.717, 1.165) is 45.1 Å². The van der Waals surface area contributed by atoms with Crippen molar-refractivity contribution in [2.45, 2.75) is 26.3 Å². The van der Waals surface area contributed by atoms with Crippen LogP contribution in [0.4, 0.5) is 5.69 Å². The van der Waals surface area contributed by atoms with Gasteiger partial charge in [0.1, 0.15) is 0 Å². The van der Waals surface area contributed by atoms with E-state index in [9.17, 15) is 0 Å². The normalized spacial score (nSPS) is 17.8. The van der Waals surface area contributed by atoms with Crippen molar-refractivity contribution in [2.75, 3.05) is 51.7 Å². The molecule has 6 heteroatoms. The van der Waals surface area contributed by atoms with Crippen LogP contribution in [0.15, 0.2) is 29.3 Å². The fourth-order valence-corrected chi connectivity index (χ4v) is 2.78. The predicted octanol–water partition coefficient (Wildman–Crippen LogP) is 2.31. The van der Waals surface area contributed by atoms with Gasteiger partial charge in [0.05, 0.1) is 0 Å². The largest absolute Gasteiger partial charge is 0.369 e. The van der Waals surface area contributed by atoms with Crippen molar-refractivity contribution < 1.29 is 0 Å². The second-order valence-corrected chi connectivity index (χ2v) is 6.31. The van der Waals surface area contributed by atoms with Gasteiger partial charge in [0, 0.05) is 45.0 Å². The van der Waals surface area contributed by atoms with Gasteiger partial charge in [-0.15, -0.1) is 24.0 Å². The number of anilines is 1. The third-order valence-corrected chi connectivity index (χ3v) is 4.48. The summed E-state index contributed by atoms with van der Waals surface area (Å²) in [5.74, 6) is 0.908. The van der Waals surface area contributed by atoms with Gasteiger partial charge in [0.2, 0.25) is 0 Å². The standard InChI is InChI=1S/C18H31N5.HI/c1-5-22(4)13-11-20-18(19-3)21-16-10-12-23(14-16)17-8-6-15(2)7-9-17;/h6-9,16H,5,10-14H2,1-4H3,(H2,19,20,21);1H.